The van der Waals surface area contributed by atoms with E-state index in [1.165, 1.54) is 89.1 Å². The zero-order chi connectivity index (χ0) is 18.9. The van der Waals surface area contributed by atoms with Gasteiger partial charge in [0.15, 0.2) is 0 Å². The van der Waals surface area contributed by atoms with Gasteiger partial charge in [-0.15, -0.1) is 0 Å². The molecule has 1 aliphatic rings. The average Bonchev–Trinajstić information content (AvgIpc) is 3.12. The number of hydrogen-bond donors (Lipinski definition) is 0. The van der Waals surface area contributed by atoms with Crippen molar-refractivity contribution < 1.29 is 8.98 Å². The van der Waals surface area contributed by atoms with E-state index in [0.29, 0.717) is 18.6 Å². The second-order valence-corrected chi connectivity index (χ2v) is 8.40. The van der Waals surface area contributed by atoms with Crippen LogP contribution in [0.4, 0.5) is 0 Å². The molecular formula is C22H43NO2S. The molecule has 0 aromatic heterocycles. The topological polar surface area (TPSA) is 29.5 Å². The molecule has 0 aliphatic carbocycles. The third kappa shape index (κ3) is 11.5. The lowest BCUT2D eigenvalue weighted by molar-refractivity contribution is -0.132. The van der Waals surface area contributed by atoms with Gasteiger partial charge in [-0.25, -0.2) is 0 Å². The van der Waals surface area contributed by atoms with Crippen LogP contribution in [0.15, 0.2) is 0 Å². The Morgan fingerprint density at radius 2 is 1.46 bits per heavy atom. The third-order valence-electron chi connectivity index (χ3n) is 5.57. The molecule has 0 N–H and O–H groups in total. The Bertz CT molecular complexity index is 338. The van der Waals surface area contributed by atoms with Gasteiger partial charge in [0.1, 0.15) is 0 Å². The van der Waals surface area contributed by atoms with Crippen LogP contribution in [0.3, 0.4) is 0 Å². The van der Waals surface area contributed by atoms with Crippen molar-refractivity contribution in [3.63, 3.8) is 0 Å². The standard InChI is InChI=1S/C22H43NO2S/c1-3-4-5-6-7-8-9-10-11-12-13-14-15-18-22(24)23-19-16-17-21(23)20-25-26-2/h21H,3-20H2,1-2H3. The fourth-order valence-electron chi connectivity index (χ4n) is 3.92. The summed E-state index contributed by atoms with van der Waals surface area (Å²) in [7, 11) is 0. The van der Waals surface area contributed by atoms with Crippen molar-refractivity contribution in [2.24, 2.45) is 0 Å². The van der Waals surface area contributed by atoms with Crippen molar-refractivity contribution in [1.29, 1.82) is 0 Å². The maximum Gasteiger partial charge on any atom is 0.222 e. The number of hydrogen-bond acceptors (Lipinski definition) is 3. The summed E-state index contributed by atoms with van der Waals surface area (Å²) in [5.41, 5.74) is 0. The Kier molecular flexibility index (Phi) is 15.5. The summed E-state index contributed by atoms with van der Waals surface area (Å²) >= 11 is 1.40. The van der Waals surface area contributed by atoms with E-state index < -0.39 is 0 Å². The number of nitrogens with zero attached hydrogens (tertiary/aromatic N) is 1. The second kappa shape index (κ2) is 16.9. The van der Waals surface area contributed by atoms with E-state index in [4.69, 9.17) is 4.18 Å². The Labute approximate surface area is 167 Å². The predicted octanol–water partition coefficient (Wildman–Crippen LogP) is 6.75. The third-order valence-corrected chi connectivity index (χ3v) is 5.94. The lowest BCUT2D eigenvalue weighted by Crippen LogP contribution is -2.37. The molecule has 0 saturated carbocycles. The van der Waals surface area contributed by atoms with Crippen LogP contribution >= 0.6 is 12.0 Å². The summed E-state index contributed by atoms with van der Waals surface area (Å²) < 4.78 is 5.44. The van der Waals surface area contributed by atoms with E-state index in [1.807, 2.05) is 6.26 Å². The van der Waals surface area contributed by atoms with Gasteiger partial charge in [-0.05, 0) is 31.3 Å². The highest BCUT2D eigenvalue weighted by molar-refractivity contribution is 7.93. The first-order valence-corrected chi connectivity index (χ1v) is 12.4. The molecule has 0 spiro atoms. The molecule has 1 saturated heterocycles. The number of carbonyl (C=O) groups excluding carboxylic acids is 1. The number of likely N-dealkylation sites (tertiary alicyclic amines) is 1. The molecule has 0 aromatic carbocycles. The summed E-state index contributed by atoms with van der Waals surface area (Å²) in [5.74, 6) is 0.347. The average molecular weight is 386 g/mol. The normalized spacial score (nSPS) is 17.2. The molecular weight excluding hydrogens is 342 g/mol. The fraction of sp³-hybridized carbons (Fsp3) is 0.955. The molecule has 0 aromatic rings. The Hall–Kier alpha value is -0.220. The first-order chi connectivity index (χ1) is 12.8. The molecule has 1 atom stereocenters. The zero-order valence-electron chi connectivity index (χ0n) is 17.5. The molecule has 1 amide bonds. The molecule has 1 rings (SSSR count). The van der Waals surface area contributed by atoms with Crippen LogP contribution in [-0.4, -0.2) is 36.3 Å². The molecule has 0 radical (unpaired) electrons. The van der Waals surface area contributed by atoms with Gasteiger partial charge in [-0.1, -0.05) is 84.0 Å². The van der Waals surface area contributed by atoms with Gasteiger partial charge in [0, 0.05) is 19.2 Å². The van der Waals surface area contributed by atoms with Crippen LogP contribution in [0.25, 0.3) is 0 Å². The smallest absolute Gasteiger partial charge is 0.222 e. The van der Waals surface area contributed by atoms with Gasteiger partial charge in [-0.2, -0.15) is 0 Å². The van der Waals surface area contributed by atoms with E-state index in [-0.39, 0.29) is 0 Å². The Morgan fingerprint density at radius 3 is 2.00 bits per heavy atom. The van der Waals surface area contributed by atoms with Gasteiger partial charge >= 0.3 is 0 Å². The van der Waals surface area contributed by atoms with E-state index in [1.54, 1.807) is 0 Å². The Balaban J connectivity index is 1.88. The highest BCUT2D eigenvalue weighted by Gasteiger charge is 2.28. The first-order valence-electron chi connectivity index (χ1n) is 11.2. The van der Waals surface area contributed by atoms with E-state index in [9.17, 15) is 4.79 Å². The van der Waals surface area contributed by atoms with Gasteiger partial charge in [0.05, 0.1) is 12.6 Å². The number of unbranched alkanes of at least 4 members (excludes halogenated alkanes) is 12. The van der Waals surface area contributed by atoms with E-state index >= 15 is 0 Å². The van der Waals surface area contributed by atoms with Crippen LogP contribution in [0.1, 0.15) is 110 Å². The number of carbonyl (C=O) groups is 1. The summed E-state index contributed by atoms with van der Waals surface area (Å²) in [6, 6.07) is 0.317. The molecule has 3 nitrogen and oxygen atoms in total. The predicted molar refractivity (Wildman–Crippen MR) is 115 cm³/mol. The van der Waals surface area contributed by atoms with Crippen molar-refractivity contribution in [2.45, 2.75) is 116 Å². The molecule has 4 heteroatoms. The molecule has 1 aliphatic heterocycles. The largest absolute Gasteiger partial charge is 0.337 e. The Morgan fingerprint density at radius 1 is 0.923 bits per heavy atom. The van der Waals surface area contributed by atoms with Crippen molar-refractivity contribution in [3.8, 4) is 0 Å². The van der Waals surface area contributed by atoms with E-state index in [0.717, 1.165) is 32.2 Å². The maximum atomic E-state index is 12.4. The highest BCUT2D eigenvalue weighted by Crippen LogP contribution is 2.21. The van der Waals surface area contributed by atoms with Crippen molar-refractivity contribution in [3.05, 3.63) is 0 Å². The summed E-state index contributed by atoms with van der Waals surface area (Å²) in [5, 5.41) is 0. The lowest BCUT2D eigenvalue weighted by atomic mass is 10.0. The minimum absolute atomic E-state index is 0.317. The minimum atomic E-state index is 0.317. The quantitative estimate of drug-likeness (QED) is 0.205. The SMILES string of the molecule is CCCCCCCCCCCCCCCC(=O)N1CCCC1COSC. The molecule has 1 unspecified atom stereocenters. The summed E-state index contributed by atoms with van der Waals surface area (Å²) in [6.45, 7) is 3.89. The fourth-order valence-corrected chi connectivity index (χ4v) is 4.21. The van der Waals surface area contributed by atoms with Crippen molar-refractivity contribution in [1.82, 2.24) is 4.90 Å². The van der Waals surface area contributed by atoms with Gasteiger partial charge < -0.3 is 9.08 Å². The molecule has 154 valence electrons. The first kappa shape index (κ1) is 23.8. The van der Waals surface area contributed by atoms with E-state index in [2.05, 4.69) is 11.8 Å². The number of amides is 1. The van der Waals surface area contributed by atoms with Crippen LogP contribution < -0.4 is 0 Å². The van der Waals surface area contributed by atoms with Crippen LogP contribution in [0.5, 0.6) is 0 Å². The molecule has 1 fully saturated rings. The minimum Gasteiger partial charge on any atom is -0.337 e. The number of rotatable bonds is 17. The highest BCUT2D eigenvalue weighted by atomic mass is 32.2. The molecule has 26 heavy (non-hydrogen) atoms. The summed E-state index contributed by atoms with van der Waals surface area (Å²) in [6.07, 6.45) is 22.5. The van der Waals surface area contributed by atoms with Crippen molar-refractivity contribution in [2.75, 3.05) is 19.4 Å². The lowest BCUT2D eigenvalue weighted by Gasteiger charge is -2.24. The van der Waals surface area contributed by atoms with Crippen LogP contribution in [-0.2, 0) is 8.98 Å². The van der Waals surface area contributed by atoms with Crippen molar-refractivity contribution >= 4 is 17.9 Å². The van der Waals surface area contributed by atoms with Crippen LogP contribution in [0, 0.1) is 0 Å². The van der Waals surface area contributed by atoms with Gasteiger partial charge in [-0.3, -0.25) is 4.79 Å². The summed E-state index contributed by atoms with van der Waals surface area (Å²) in [4.78, 5) is 14.5. The van der Waals surface area contributed by atoms with Gasteiger partial charge in [0.25, 0.3) is 0 Å². The molecule has 0 bridgehead atoms. The zero-order valence-corrected chi connectivity index (χ0v) is 18.3. The maximum absolute atomic E-state index is 12.4. The van der Waals surface area contributed by atoms with Gasteiger partial charge in [0.2, 0.25) is 5.91 Å². The monoisotopic (exact) mass is 385 g/mol. The second-order valence-electron chi connectivity index (χ2n) is 7.83. The molecule has 1 heterocycles. The van der Waals surface area contributed by atoms with Crippen LogP contribution in [0.2, 0.25) is 0 Å².